The van der Waals surface area contributed by atoms with E-state index in [1.54, 1.807) is 25.1 Å². The third kappa shape index (κ3) is 3.64. The molecule has 0 aliphatic rings. The number of aliphatic carboxylic acids is 1. The van der Waals surface area contributed by atoms with Gasteiger partial charge in [0.1, 0.15) is 5.75 Å². The summed E-state index contributed by atoms with van der Waals surface area (Å²) in [4.78, 5) is 21.2. The molecule has 0 fully saturated rings. The fourth-order valence-electron chi connectivity index (χ4n) is 0.953. The molecule has 0 aliphatic heterocycles. The number of esters is 1. The van der Waals surface area contributed by atoms with E-state index in [4.69, 9.17) is 9.84 Å². The molecule has 78 valence electrons. The number of hydrogen-bond donors (Lipinski definition) is 1. The molecule has 0 radical (unpaired) electrons. The summed E-state index contributed by atoms with van der Waals surface area (Å²) < 4.78 is 4.91. The van der Waals surface area contributed by atoms with Crippen LogP contribution in [0.5, 0.6) is 5.75 Å². The van der Waals surface area contributed by atoms with Gasteiger partial charge < -0.3 is 9.84 Å². The number of benzene rings is 1. The van der Waals surface area contributed by atoms with E-state index < -0.39 is 11.9 Å². The molecule has 4 heteroatoms. The molecule has 0 heterocycles. The van der Waals surface area contributed by atoms with Crippen LogP contribution in [0.4, 0.5) is 0 Å². The number of ether oxygens (including phenoxy) is 1. The zero-order valence-electron chi connectivity index (χ0n) is 8.14. The van der Waals surface area contributed by atoms with Gasteiger partial charge in [-0.3, -0.25) is 0 Å². The zero-order chi connectivity index (χ0) is 11.3. The van der Waals surface area contributed by atoms with Gasteiger partial charge >= 0.3 is 11.9 Å². The van der Waals surface area contributed by atoms with Gasteiger partial charge in [0, 0.05) is 12.2 Å². The van der Waals surface area contributed by atoms with Gasteiger partial charge in [-0.15, -0.1) is 0 Å². The molecule has 0 unspecified atom stereocenters. The quantitative estimate of drug-likeness (QED) is 0.463. The molecule has 1 N–H and O–H groups in total. The highest BCUT2D eigenvalue weighted by Crippen LogP contribution is 2.16. The molecule has 15 heavy (non-hydrogen) atoms. The molecule has 0 saturated heterocycles. The van der Waals surface area contributed by atoms with Crippen LogP contribution >= 0.6 is 0 Å². The van der Waals surface area contributed by atoms with Crippen molar-refractivity contribution in [1.82, 2.24) is 0 Å². The van der Waals surface area contributed by atoms with Crippen LogP contribution in [0, 0.1) is 6.92 Å². The first-order valence-corrected chi connectivity index (χ1v) is 4.28. The molecule has 0 atom stereocenters. The van der Waals surface area contributed by atoms with Crippen molar-refractivity contribution in [3.05, 3.63) is 42.0 Å². The van der Waals surface area contributed by atoms with Crippen molar-refractivity contribution < 1.29 is 19.4 Å². The molecular weight excluding hydrogens is 196 g/mol. The summed E-state index contributed by atoms with van der Waals surface area (Å²) in [6.07, 6.45) is 1.61. The Morgan fingerprint density at radius 2 is 1.93 bits per heavy atom. The third-order valence-electron chi connectivity index (χ3n) is 1.67. The van der Waals surface area contributed by atoms with E-state index in [0.717, 1.165) is 17.7 Å². The highest BCUT2D eigenvalue weighted by atomic mass is 16.5. The van der Waals surface area contributed by atoms with E-state index in [2.05, 4.69) is 0 Å². The van der Waals surface area contributed by atoms with Crippen LogP contribution < -0.4 is 4.74 Å². The first-order valence-electron chi connectivity index (χ1n) is 4.28. The van der Waals surface area contributed by atoms with Crippen LogP contribution in [0.3, 0.4) is 0 Å². The van der Waals surface area contributed by atoms with Gasteiger partial charge in [0.25, 0.3) is 0 Å². The second-order valence-corrected chi connectivity index (χ2v) is 2.86. The smallest absolute Gasteiger partial charge is 0.336 e. The van der Waals surface area contributed by atoms with Crippen molar-refractivity contribution in [1.29, 1.82) is 0 Å². The molecule has 1 aromatic carbocycles. The maximum Gasteiger partial charge on any atom is 0.336 e. The molecule has 0 aliphatic carbocycles. The number of carboxylic acids is 1. The molecule has 0 bridgehead atoms. The van der Waals surface area contributed by atoms with Crippen LogP contribution in [0.1, 0.15) is 5.56 Å². The van der Waals surface area contributed by atoms with Crippen molar-refractivity contribution in [3.63, 3.8) is 0 Å². The Bertz CT molecular complexity index is 407. The number of carbonyl (C=O) groups is 2. The predicted molar refractivity (Wildman–Crippen MR) is 53.6 cm³/mol. The fraction of sp³-hybridized carbons (Fsp3) is 0.0909. The second-order valence-electron chi connectivity index (χ2n) is 2.86. The van der Waals surface area contributed by atoms with E-state index in [0.29, 0.717) is 5.75 Å². The van der Waals surface area contributed by atoms with Gasteiger partial charge in [-0.2, -0.15) is 0 Å². The highest BCUT2D eigenvalue weighted by Gasteiger charge is 2.03. The Balaban J connectivity index is 2.67. The van der Waals surface area contributed by atoms with Gasteiger partial charge in [-0.25, -0.2) is 9.59 Å². The molecule has 1 rings (SSSR count). The lowest BCUT2D eigenvalue weighted by Gasteiger charge is -2.03. The molecule has 0 spiro atoms. The van der Waals surface area contributed by atoms with Crippen LogP contribution in [-0.4, -0.2) is 17.0 Å². The number of para-hydroxylation sites is 1. The lowest BCUT2D eigenvalue weighted by Crippen LogP contribution is -2.05. The molecule has 1 aromatic rings. The van der Waals surface area contributed by atoms with E-state index in [-0.39, 0.29) is 0 Å². The predicted octanol–water partition coefficient (Wildman–Crippen LogP) is 1.54. The minimum atomic E-state index is -1.18. The summed E-state index contributed by atoms with van der Waals surface area (Å²) in [5.41, 5.74) is 0.814. The number of aryl methyl sites for hydroxylation is 1. The van der Waals surface area contributed by atoms with Gasteiger partial charge in [-0.1, -0.05) is 18.2 Å². The van der Waals surface area contributed by atoms with Crippen LogP contribution in [0.15, 0.2) is 36.4 Å². The van der Waals surface area contributed by atoms with Crippen molar-refractivity contribution >= 4 is 11.9 Å². The first-order chi connectivity index (χ1) is 7.09. The Morgan fingerprint density at radius 1 is 1.27 bits per heavy atom. The Morgan fingerprint density at radius 3 is 2.53 bits per heavy atom. The summed E-state index contributed by atoms with van der Waals surface area (Å²) in [5, 5.41) is 8.29. The van der Waals surface area contributed by atoms with Crippen LogP contribution in [0.25, 0.3) is 0 Å². The number of hydrogen-bond acceptors (Lipinski definition) is 3. The van der Waals surface area contributed by atoms with Crippen molar-refractivity contribution in [2.24, 2.45) is 0 Å². The monoisotopic (exact) mass is 206 g/mol. The topological polar surface area (TPSA) is 63.6 Å². The van der Waals surface area contributed by atoms with E-state index in [9.17, 15) is 9.59 Å². The van der Waals surface area contributed by atoms with Crippen molar-refractivity contribution in [2.45, 2.75) is 6.92 Å². The van der Waals surface area contributed by atoms with E-state index in [1.165, 1.54) is 0 Å². The second kappa shape index (κ2) is 4.95. The molecule has 0 amide bonds. The van der Waals surface area contributed by atoms with E-state index >= 15 is 0 Å². The summed E-state index contributed by atoms with van der Waals surface area (Å²) in [7, 11) is 0. The number of carbonyl (C=O) groups excluding carboxylic acids is 1. The minimum absolute atomic E-state index is 0.428. The van der Waals surface area contributed by atoms with E-state index in [1.807, 2.05) is 6.07 Å². The Hall–Kier alpha value is -2.10. The zero-order valence-corrected chi connectivity index (χ0v) is 8.14. The van der Waals surface area contributed by atoms with Crippen LogP contribution in [0.2, 0.25) is 0 Å². The Kier molecular flexibility index (Phi) is 3.62. The molecule has 4 nitrogen and oxygen atoms in total. The molecule has 0 saturated carbocycles. The normalized spacial score (nSPS) is 10.2. The van der Waals surface area contributed by atoms with Crippen molar-refractivity contribution in [2.75, 3.05) is 0 Å². The number of rotatable bonds is 3. The largest absolute Gasteiger partial charge is 0.478 e. The van der Waals surface area contributed by atoms with Gasteiger partial charge in [0.15, 0.2) is 0 Å². The minimum Gasteiger partial charge on any atom is -0.478 e. The maximum atomic E-state index is 11.1. The summed E-state index contributed by atoms with van der Waals surface area (Å²) in [6.45, 7) is 1.80. The maximum absolute atomic E-state index is 11.1. The van der Waals surface area contributed by atoms with Gasteiger partial charge in [-0.05, 0) is 18.6 Å². The SMILES string of the molecule is Cc1ccccc1OC(=O)/C=C\C(=O)O. The lowest BCUT2D eigenvalue weighted by molar-refractivity contribution is -0.133. The average Bonchev–Trinajstić information content (AvgIpc) is 2.18. The first kappa shape index (κ1) is 11.0. The Labute approximate surface area is 86.8 Å². The molecular formula is C11H10O4. The number of carboxylic acid groups (broad SMARTS) is 1. The van der Waals surface area contributed by atoms with Crippen LogP contribution in [-0.2, 0) is 9.59 Å². The van der Waals surface area contributed by atoms with Gasteiger partial charge in [0.05, 0.1) is 0 Å². The van der Waals surface area contributed by atoms with Crippen molar-refractivity contribution in [3.8, 4) is 5.75 Å². The highest BCUT2D eigenvalue weighted by molar-refractivity contribution is 5.91. The molecule has 0 aromatic heterocycles. The summed E-state index contributed by atoms with van der Waals surface area (Å²) in [5.74, 6) is -1.46. The summed E-state index contributed by atoms with van der Waals surface area (Å²) in [6, 6.07) is 6.99. The average molecular weight is 206 g/mol. The standard InChI is InChI=1S/C11H10O4/c1-8-4-2-3-5-9(8)15-11(14)7-6-10(12)13/h2-7H,1H3,(H,12,13)/b7-6-. The third-order valence-corrected chi connectivity index (χ3v) is 1.67. The van der Waals surface area contributed by atoms with Gasteiger partial charge in [0.2, 0.25) is 0 Å². The lowest BCUT2D eigenvalue weighted by atomic mass is 10.2. The fourth-order valence-corrected chi connectivity index (χ4v) is 0.953. The summed E-state index contributed by atoms with van der Waals surface area (Å²) >= 11 is 0.